The minimum atomic E-state index is -0.938. The van der Waals surface area contributed by atoms with Gasteiger partial charge in [0.15, 0.2) is 11.6 Å². The smallest absolute Gasteiger partial charge is 0.159 e. The third-order valence-electron chi connectivity index (χ3n) is 4.75. The van der Waals surface area contributed by atoms with Gasteiger partial charge in [-0.1, -0.05) is 0 Å². The van der Waals surface area contributed by atoms with Crippen LogP contribution in [0.1, 0.15) is 18.4 Å². The van der Waals surface area contributed by atoms with Crippen molar-refractivity contribution in [2.75, 3.05) is 31.6 Å². The van der Waals surface area contributed by atoms with Crippen LogP contribution < -0.4 is 10.2 Å². The summed E-state index contributed by atoms with van der Waals surface area (Å²) in [5, 5.41) is 23.5. The van der Waals surface area contributed by atoms with Gasteiger partial charge in [-0.2, -0.15) is 0 Å². The van der Waals surface area contributed by atoms with Crippen LogP contribution in [-0.4, -0.2) is 47.5 Å². The number of likely N-dealkylation sites (N-methyl/N-ethyl adjacent to an activating group) is 1. The summed E-state index contributed by atoms with van der Waals surface area (Å²) >= 11 is 0. The molecule has 1 fully saturated rings. The number of aromatic nitrogens is 1. The zero-order chi connectivity index (χ0) is 18.7. The average Bonchev–Trinajstić information content (AvgIpc) is 2.63. The lowest BCUT2D eigenvalue weighted by Crippen LogP contribution is -2.53. The quantitative estimate of drug-likeness (QED) is 0.759. The molecule has 1 unspecified atom stereocenters. The lowest BCUT2D eigenvalue weighted by molar-refractivity contribution is 0.0280. The van der Waals surface area contributed by atoms with Crippen LogP contribution in [0.5, 0.6) is 0 Å². The van der Waals surface area contributed by atoms with Gasteiger partial charge in [0.1, 0.15) is 0 Å². The molecule has 0 radical (unpaired) electrons. The number of aliphatic hydroxyl groups excluding tert-OH is 1. The van der Waals surface area contributed by atoms with Gasteiger partial charge in [-0.25, -0.2) is 8.78 Å². The van der Waals surface area contributed by atoms with Gasteiger partial charge >= 0.3 is 0 Å². The highest BCUT2D eigenvalue weighted by Gasteiger charge is 2.33. The van der Waals surface area contributed by atoms with Gasteiger partial charge in [0.2, 0.25) is 0 Å². The van der Waals surface area contributed by atoms with Gasteiger partial charge in [-0.3, -0.25) is 4.98 Å². The third kappa shape index (κ3) is 3.85. The predicted molar refractivity (Wildman–Crippen MR) is 95.8 cm³/mol. The van der Waals surface area contributed by atoms with Gasteiger partial charge in [-0.05, 0) is 44.2 Å². The molecular formula is C19H23F2N3O2. The molecule has 1 aromatic heterocycles. The van der Waals surface area contributed by atoms with Crippen LogP contribution in [-0.2, 0) is 6.61 Å². The van der Waals surface area contributed by atoms with E-state index < -0.39 is 17.2 Å². The maximum Gasteiger partial charge on any atom is 0.159 e. The van der Waals surface area contributed by atoms with Crippen LogP contribution in [0, 0.1) is 11.6 Å². The van der Waals surface area contributed by atoms with Crippen molar-refractivity contribution in [2.45, 2.75) is 25.0 Å². The summed E-state index contributed by atoms with van der Waals surface area (Å²) in [7, 11) is 1.80. The number of halogens is 2. The summed E-state index contributed by atoms with van der Waals surface area (Å²) in [5.74, 6) is -1.85. The number of nitrogens with one attached hydrogen (secondary N) is 1. The molecule has 0 spiro atoms. The van der Waals surface area contributed by atoms with Crippen molar-refractivity contribution in [1.29, 1.82) is 0 Å². The van der Waals surface area contributed by atoms with E-state index in [2.05, 4.69) is 10.3 Å². The van der Waals surface area contributed by atoms with Crippen LogP contribution in [0.25, 0.3) is 11.3 Å². The van der Waals surface area contributed by atoms with E-state index >= 15 is 0 Å². The number of hydrogen-bond donors (Lipinski definition) is 3. The molecular weight excluding hydrogens is 340 g/mol. The summed E-state index contributed by atoms with van der Waals surface area (Å²) < 4.78 is 26.6. The molecule has 3 N–H and O–H groups in total. The Kier molecular flexibility index (Phi) is 5.50. The molecule has 1 aliphatic rings. The maximum atomic E-state index is 13.5. The highest BCUT2D eigenvalue weighted by atomic mass is 19.2. The third-order valence-corrected chi connectivity index (χ3v) is 4.75. The van der Waals surface area contributed by atoms with E-state index in [4.69, 9.17) is 0 Å². The van der Waals surface area contributed by atoms with Crippen molar-refractivity contribution in [3.8, 4) is 11.3 Å². The Morgan fingerprint density at radius 3 is 2.77 bits per heavy atom. The molecule has 1 aliphatic heterocycles. The molecule has 0 saturated carbocycles. The van der Waals surface area contributed by atoms with Crippen LogP contribution in [0.2, 0.25) is 0 Å². The van der Waals surface area contributed by atoms with E-state index in [0.717, 1.165) is 30.8 Å². The number of pyridine rings is 1. The van der Waals surface area contributed by atoms with E-state index in [1.54, 1.807) is 19.3 Å². The van der Waals surface area contributed by atoms with Gasteiger partial charge in [0.25, 0.3) is 0 Å². The molecule has 5 nitrogen and oxygen atoms in total. The molecule has 3 rings (SSSR count). The highest BCUT2D eigenvalue weighted by molar-refractivity contribution is 5.64. The minimum Gasteiger partial charge on any atom is -0.392 e. The largest absolute Gasteiger partial charge is 0.392 e. The SMILES string of the molecule is CNCC1(O)CCCN(c2cnc(-c3ccc(F)c(F)c3)cc2CO)C1. The molecule has 1 aromatic carbocycles. The van der Waals surface area contributed by atoms with E-state index in [0.29, 0.717) is 36.3 Å². The molecule has 0 aliphatic carbocycles. The topological polar surface area (TPSA) is 68.6 Å². The summed E-state index contributed by atoms with van der Waals surface area (Å²) in [4.78, 5) is 6.37. The first-order valence-corrected chi connectivity index (χ1v) is 8.63. The molecule has 140 valence electrons. The average molecular weight is 363 g/mol. The zero-order valence-electron chi connectivity index (χ0n) is 14.7. The fraction of sp³-hybridized carbons (Fsp3) is 0.421. The Morgan fingerprint density at radius 2 is 2.08 bits per heavy atom. The number of hydrogen-bond acceptors (Lipinski definition) is 5. The monoisotopic (exact) mass is 363 g/mol. The van der Waals surface area contributed by atoms with E-state index in [9.17, 15) is 19.0 Å². The summed E-state index contributed by atoms with van der Waals surface area (Å²) in [6, 6.07) is 5.27. The van der Waals surface area contributed by atoms with Crippen molar-refractivity contribution < 1.29 is 19.0 Å². The first kappa shape index (κ1) is 18.7. The van der Waals surface area contributed by atoms with E-state index in [1.165, 1.54) is 6.07 Å². The molecule has 1 saturated heterocycles. The molecule has 2 heterocycles. The fourth-order valence-corrected chi connectivity index (χ4v) is 3.51. The van der Waals surface area contributed by atoms with Crippen LogP contribution in [0.15, 0.2) is 30.5 Å². The number of rotatable bonds is 5. The molecule has 26 heavy (non-hydrogen) atoms. The Morgan fingerprint density at radius 1 is 1.27 bits per heavy atom. The first-order valence-electron chi connectivity index (χ1n) is 8.63. The number of anilines is 1. The van der Waals surface area contributed by atoms with Crippen LogP contribution in [0.4, 0.5) is 14.5 Å². The number of nitrogens with zero attached hydrogens (tertiary/aromatic N) is 2. The summed E-state index contributed by atoms with van der Waals surface area (Å²) in [5.41, 5.74) is 1.44. The highest BCUT2D eigenvalue weighted by Crippen LogP contribution is 2.30. The van der Waals surface area contributed by atoms with Crippen molar-refractivity contribution in [1.82, 2.24) is 10.3 Å². The Balaban J connectivity index is 1.90. The second-order valence-corrected chi connectivity index (χ2v) is 6.77. The second-order valence-electron chi connectivity index (χ2n) is 6.77. The number of β-amino-alcohol motifs (C(OH)–C–C–N with tert-alkyl or cyclic N) is 1. The maximum absolute atomic E-state index is 13.5. The van der Waals surface area contributed by atoms with Crippen molar-refractivity contribution in [3.05, 3.63) is 47.7 Å². The van der Waals surface area contributed by atoms with Crippen molar-refractivity contribution in [3.63, 3.8) is 0 Å². The fourth-order valence-electron chi connectivity index (χ4n) is 3.51. The van der Waals surface area contributed by atoms with Crippen molar-refractivity contribution in [2.24, 2.45) is 0 Å². The molecule has 0 amide bonds. The summed E-state index contributed by atoms with van der Waals surface area (Å²) in [6.45, 7) is 1.46. The Hall–Kier alpha value is -2.09. The molecule has 1 atom stereocenters. The second kappa shape index (κ2) is 7.65. The minimum absolute atomic E-state index is 0.213. The number of benzene rings is 1. The standard InChI is InChI=1S/C19H23F2N3O2/c1-22-11-19(26)5-2-6-24(12-19)18-9-23-17(8-14(18)10-25)13-3-4-15(20)16(21)7-13/h3-4,7-9,22,25-26H,2,5-6,10-12H2,1H3. The van der Waals surface area contributed by atoms with Crippen LogP contribution >= 0.6 is 0 Å². The van der Waals surface area contributed by atoms with Gasteiger partial charge < -0.3 is 20.4 Å². The van der Waals surface area contributed by atoms with Gasteiger partial charge in [0.05, 0.1) is 29.8 Å². The van der Waals surface area contributed by atoms with Crippen LogP contribution in [0.3, 0.4) is 0 Å². The lowest BCUT2D eigenvalue weighted by Gasteiger charge is -2.41. The predicted octanol–water partition coefficient (Wildman–Crippen LogP) is 2.07. The van der Waals surface area contributed by atoms with Crippen molar-refractivity contribution >= 4 is 5.69 Å². The first-order chi connectivity index (χ1) is 12.5. The summed E-state index contributed by atoms with van der Waals surface area (Å²) in [6.07, 6.45) is 3.15. The molecule has 0 bridgehead atoms. The Bertz CT molecular complexity index is 783. The zero-order valence-corrected chi connectivity index (χ0v) is 14.7. The normalized spacial score (nSPS) is 20.4. The van der Waals surface area contributed by atoms with Gasteiger partial charge in [0, 0.05) is 30.8 Å². The number of aliphatic hydroxyl groups is 2. The molecule has 7 heteroatoms. The van der Waals surface area contributed by atoms with E-state index in [1.807, 2.05) is 4.90 Å². The molecule has 2 aromatic rings. The van der Waals surface area contributed by atoms with Gasteiger partial charge in [-0.15, -0.1) is 0 Å². The lowest BCUT2D eigenvalue weighted by atomic mass is 9.92. The Labute approximate surface area is 151 Å². The number of piperidine rings is 1. The van der Waals surface area contributed by atoms with E-state index in [-0.39, 0.29) is 6.61 Å².